The summed E-state index contributed by atoms with van der Waals surface area (Å²) in [6, 6.07) is 127. The summed E-state index contributed by atoms with van der Waals surface area (Å²) in [7, 11) is 0. The molecule has 0 amide bonds. The Hall–Kier alpha value is -12.8. The van der Waals surface area contributed by atoms with Crippen LogP contribution in [0.2, 0.25) is 0 Å². The van der Waals surface area contributed by atoms with Crippen LogP contribution < -0.4 is 0 Å². The molecule has 0 spiro atoms. The molecule has 100 heavy (non-hydrogen) atoms. The summed E-state index contributed by atoms with van der Waals surface area (Å²) in [6.45, 7) is 6.70. The second-order valence-corrected chi connectivity index (χ2v) is 26.8. The van der Waals surface area contributed by atoms with E-state index < -0.39 is 0 Å². The van der Waals surface area contributed by atoms with Crippen LogP contribution in [-0.2, 0) is 6.42 Å². The number of benzene rings is 16. The lowest BCUT2D eigenvalue weighted by Crippen LogP contribution is -1.95. The predicted molar refractivity (Wildman–Crippen MR) is 426 cm³/mol. The van der Waals surface area contributed by atoms with E-state index in [4.69, 9.17) is 0 Å². The standard InChI is InChI=1S/C49H36N2.C47H32N2/c1-3-33-11-10-14-39(28-33)50-46-17-8-6-15-42(46)44-30-37(21-25-48(44)50)36-20-24-41(32(2)27-36)38-22-26-49-45(31-38)43-16-7-9-18-47(43)51(49)40-23-19-34-12-4-5-13-35(34)29-40;1-31-27-34(35-21-25-46-42(29-35)40-15-7-9-17-44(40)48(46)37-13-3-2-4-14-37)20-24-39(31)36-22-26-47-43(30-36)41-16-8-10-18-45(41)49(47)38-23-19-32-11-5-6-12-33(32)28-38/h4-31H,3H2,1-2H3;2-30H,1H3. The third kappa shape index (κ3) is 9.74. The Kier molecular flexibility index (Phi) is 13.9. The fourth-order valence-electron chi connectivity index (χ4n) is 16.2. The fourth-order valence-corrected chi connectivity index (χ4v) is 16.2. The molecule has 4 heterocycles. The van der Waals surface area contributed by atoms with E-state index in [9.17, 15) is 0 Å². The number of hydrogen-bond donors (Lipinski definition) is 0. The average Bonchev–Trinajstić information content (AvgIpc) is 1.61. The van der Waals surface area contributed by atoms with Crippen LogP contribution in [0.25, 0.3) is 176 Å². The van der Waals surface area contributed by atoms with Gasteiger partial charge in [-0.15, -0.1) is 0 Å². The van der Waals surface area contributed by atoms with E-state index in [0.29, 0.717) is 0 Å². The first kappa shape index (κ1) is 58.6. The molecule has 0 unspecified atom stereocenters. The summed E-state index contributed by atoms with van der Waals surface area (Å²) in [5, 5.41) is 15.2. The van der Waals surface area contributed by atoms with Crippen molar-refractivity contribution >= 4 is 109 Å². The zero-order valence-electron chi connectivity index (χ0n) is 55.9. The van der Waals surface area contributed by atoms with Gasteiger partial charge in [0.25, 0.3) is 0 Å². The van der Waals surface area contributed by atoms with Crippen molar-refractivity contribution in [3.63, 3.8) is 0 Å². The maximum absolute atomic E-state index is 2.41. The van der Waals surface area contributed by atoms with Crippen molar-refractivity contribution in [1.82, 2.24) is 18.3 Å². The van der Waals surface area contributed by atoms with Crippen LogP contribution in [0.4, 0.5) is 0 Å². The zero-order chi connectivity index (χ0) is 66.5. The molecule has 0 bridgehead atoms. The van der Waals surface area contributed by atoms with Crippen LogP contribution >= 0.6 is 0 Å². The van der Waals surface area contributed by atoms with Gasteiger partial charge in [-0.25, -0.2) is 0 Å². The maximum Gasteiger partial charge on any atom is 0.0541 e. The molecule has 20 rings (SSSR count). The Morgan fingerprint density at radius 3 is 0.920 bits per heavy atom. The number of aryl methyl sites for hydroxylation is 3. The van der Waals surface area contributed by atoms with Crippen LogP contribution in [0.15, 0.2) is 346 Å². The molecule has 472 valence electrons. The molecule has 0 saturated carbocycles. The number of para-hydroxylation sites is 5. The minimum absolute atomic E-state index is 1.02. The van der Waals surface area contributed by atoms with Crippen molar-refractivity contribution < 1.29 is 0 Å². The zero-order valence-corrected chi connectivity index (χ0v) is 55.9. The first-order chi connectivity index (χ1) is 49.3. The van der Waals surface area contributed by atoms with Crippen LogP contribution in [0, 0.1) is 13.8 Å². The fraction of sp³-hybridized carbons (Fsp3) is 0.0417. The van der Waals surface area contributed by atoms with Gasteiger partial charge in [-0.05, 0) is 224 Å². The lowest BCUT2D eigenvalue weighted by molar-refractivity contribution is 1.11. The number of hydrogen-bond acceptors (Lipinski definition) is 0. The monoisotopic (exact) mass is 1280 g/mol. The normalized spacial score (nSPS) is 11.8. The molecule has 4 nitrogen and oxygen atoms in total. The Morgan fingerprint density at radius 1 is 0.200 bits per heavy atom. The van der Waals surface area contributed by atoms with E-state index in [-0.39, 0.29) is 0 Å². The molecular formula is C96H68N4. The van der Waals surface area contributed by atoms with Crippen molar-refractivity contribution in [2.45, 2.75) is 27.2 Å². The second kappa shape index (κ2) is 23.8. The number of fused-ring (bicyclic) bond motifs is 14. The van der Waals surface area contributed by atoms with Gasteiger partial charge in [0.1, 0.15) is 0 Å². The maximum atomic E-state index is 2.41. The first-order valence-corrected chi connectivity index (χ1v) is 34.8. The van der Waals surface area contributed by atoms with Gasteiger partial charge in [-0.1, -0.05) is 231 Å². The van der Waals surface area contributed by atoms with Crippen molar-refractivity contribution in [2.75, 3.05) is 0 Å². The predicted octanol–water partition coefficient (Wildman–Crippen LogP) is 25.9. The van der Waals surface area contributed by atoms with Gasteiger partial charge in [0.05, 0.1) is 44.1 Å². The van der Waals surface area contributed by atoms with Crippen molar-refractivity contribution in [3.05, 3.63) is 362 Å². The Balaban J connectivity index is 0.000000139. The number of rotatable bonds is 9. The molecule has 0 fully saturated rings. The van der Waals surface area contributed by atoms with E-state index in [0.717, 1.165) is 6.42 Å². The van der Waals surface area contributed by atoms with Gasteiger partial charge in [0.2, 0.25) is 0 Å². The molecule has 0 radical (unpaired) electrons. The molecule has 0 N–H and O–H groups in total. The second-order valence-electron chi connectivity index (χ2n) is 26.8. The highest BCUT2D eigenvalue weighted by Crippen LogP contribution is 2.43. The smallest absolute Gasteiger partial charge is 0.0541 e. The first-order valence-electron chi connectivity index (χ1n) is 34.8. The lowest BCUT2D eigenvalue weighted by Gasteiger charge is -2.12. The van der Waals surface area contributed by atoms with Crippen LogP contribution in [0.5, 0.6) is 0 Å². The topological polar surface area (TPSA) is 19.7 Å². The minimum atomic E-state index is 1.02. The summed E-state index contributed by atoms with van der Waals surface area (Å²) in [5.41, 5.74) is 28.4. The van der Waals surface area contributed by atoms with E-state index >= 15 is 0 Å². The molecule has 4 heteroatoms. The van der Waals surface area contributed by atoms with Crippen molar-refractivity contribution in [1.29, 1.82) is 0 Å². The minimum Gasteiger partial charge on any atom is -0.309 e. The molecule has 0 aliphatic rings. The lowest BCUT2D eigenvalue weighted by atomic mass is 9.94. The molecule has 0 aliphatic carbocycles. The molecule has 0 aliphatic heterocycles. The Labute approximate surface area is 580 Å². The average molecular weight is 1280 g/mol. The van der Waals surface area contributed by atoms with Crippen molar-refractivity contribution in [2.24, 2.45) is 0 Å². The molecular weight excluding hydrogens is 1210 g/mol. The van der Waals surface area contributed by atoms with Gasteiger partial charge in [-0.3, -0.25) is 0 Å². The summed E-state index contributed by atoms with van der Waals surface area (Å²) >= 11 is 0. The van der Waals surface area contributed by atoms with Crippen LogP contribution in [-0.4, -0.2) is 18.3 Å². The van der Waals surface area contributed by atoms with Gasteiger partial charge in [-0.2, -0.15) is 0 Å². The van der Waals surface area contributed by atoms with Gasteiger partial charge in [0.15, 0.2) is 0 Å². The third-order valence-corrected chi connectivity index (χ3v) is 21.0. The molecule has 0 atom stereocenters. The Morgan fingerprint density at radius 2 is 0.510 bits per heavy atom. The SMILES string of the molecule is CCc1cccc(-n2c3ccccc3c3cc(-c4ccc(-c5ccc6c(c5)c5ccccc5n6-c5ccc6ccccc6c5)c(C)c4)ccc32)c1.Cc1cc(-c2ccc3c(c2)c2ccccc2n3-c2ccccc2)ccc1-c1ccc2c(c1)c1ccccc1n2-c1ccc2ccccc2c1. The van der Waals surface area contributed by atoms with Crippen LogP contribution in [0.1, 0.15) is 23.6 Å². The molecule has 20 aromatic rings. The summed E-state index contributed by atoms with van der Waals surface area (Å²) in [6.07, 6.45) is 1.02. The number of aromatic nitrogens is 4. The van der Waals surface area contributed by atoms with E-state index in [1.54, 1.807) is 0 Å². The Bertz CT molecular complexity index is 6670. The third-order valence-electron chi connectivity index (χ3n) is 21.0. The summed E-state index contributed by atoms with van der Waals surface area (Å²) in [5.74, 6) is 0. The highest BCUT2D eigenvalue weighted by molar-refractivity contribution is 6.14. The number of nitrogens with zero attached hydrogens (tertiary/aromatic N) is 4. The van der Waals surface area contributed by atoms with E-state index in [1.165, 1.54) is 193 Å². The molecule has 0 saturated heterocycles. The van der Waals surface area contributed by atoms with E-state index in [1.807, 2.05) is 0 Å². The highest BCUT2D eigenvalue weighted by Gasteiger charge is 2.20. The van der Waals surface area contributed by atoms with Crippen LogP contribution in [0.3, 0.4) is 0 Å². The molecule has 16 aromatic carbocycles. The molecule has 4 aromatic heterocycles. The highest BCUT2D eigenvalue weighted by atomic mass is 15.0. The van der Waals surface area contributed by atoms with Crippen molar-refractivity contribution in [3.8, 4) is 67.3 Å². The van der Waals surface area contributed by atoms with Gasteiger partial charge < -0.3 is 18.3 Å². The summed E-state index contributed by atoms with van der Waals surface area (Å²) < 4.78 is 9.59. The summed E-state index contributed by atoms with van der Waals surface area (Å²) in [4.78, 5) is 0. The van der Waals surface area contributed by atoms with Gasteiger partial charge in [0, 0.05) is 65.8 Å². The van der Waals surface area contributed by atoms with E-state index in [2.05, 4.69) is 385 Å². The largest absolute Gasteiger partial charge is 0.309 e. The van der Waals surface area contributed by atoms with Gasteiger partial charge >= 0.3 is 0 Å². The quantitative estimate of drug-likeness (QED) is 0.137.